The summed E-state index contributed by atoms with van der Waals surface area (Å²) in [5.41, 5.74) is 6.61. The number of urea groups is 1. The van der Waals surface area contributed by atoms with E-state index in [0.29, 0.717) is 31.0 Å². The van der Waals surface area contributed by atoms with Crippen molar-refractivity contribution in [3.05, 3.63) is 59.5 Å². The Kier molecular flexibility index (Phi) is 4.86. The molecule has 0 radical (unpaired) electrons. The molecule has 0 unspecified atom stereocenters. The Morgan fingerprint density at radius 3 is 2.66 bits per heavy atom. The minimum Gasteiger partial charge on any atom is -0.366 e. The van der Waals surface area contributed by atoms with Gasteiger partial charge in [-0.05, 0) is 29.8 Å². The highest BCUT2D eigenvalue weighted by molar-refractivity contribution is 5.93. The molecule has 152 valence electrons. The fourth-order valence-electron chi connectivity index (χ4n) is 4.55. The van der Waals surface area contributed by atoms with Crippen molar-refractivity contribution in [3.8, 4) is 0 Å². The predicted molar refractivity (Wildman–Crippen MR) is 107 cm³/mol. The van der Waals surface area contributed by atoms with Gasteiger partial charge in [-0.3, -0.25) is 4.79 Å². The van der Waals surface area contributed by atoms with Gasteiger partial charge in [-0.15, -0.1) is 0 Å². The summed E-state index contributed by atoms with van der Waals surface area (Å²) in [4.78, 5) is 34.2. The van der Waals surface area contributed by atoms with E-state index in [-0.39, 0.29) is 29.7 Å². The first-order valence-corrected chi connectivity index (χ1v) is 9.59. The highest BCUT2D eigenvalue weighted by Gasteiger charge is 2.49. The summed E-state index contributed by atoms with van der Waals surface area (Å²) in [5, 5.41) is 0. The maximum Gasteiger partial charge on any atom is 0.320 e. The lowest BCUT2D eigenvalue weighted by molar-refractivity contribution is 0.1000. The normalized spacial score (nSPS) is 23.2. The minimum absolute atomic E-state index is 0.0749. The van der Waals surface area contributed by atoms with E-state index in [9.17, 15) is 14.0 Å². The zero-order chi connectivity index (χ0) is 20.7. The number of amides is 3. The predicted octanol–water partition coefficient (Wildman–Crippen LogP) is 2.11. The molecule has 7 nitrogen and oxygen atoms in total. The third-order valence-electron chi connectivity index (χ3n) is 5.84. The van der Waals surface area contributed by atoms with Gasteiger partial charge >= 0.3 is 6.03 Å². The molecule has 3 amide bonds. The van der Waals surface area contributed by atoms with Crippen molar-refractivity contribution in [2.45, 2.75) is 6.04 Å². The SMILES string of the molecule is CN(C)C(=O)N1C[C@H]2CN(c3cc(C(N)=O)ccn3)C[C@H]2[C@H]1c1cccc(F)c1. The quantitative estimate of drug-likeness (QED) is 0.860. The third kappa shape index (κ3) is 3.50. The van der Waals surface area contributed by atoms with Gasteiger partial charge in [0.25, 0.3) is 0 Å². The minimum atomic E-state index is -0.492. The van der Waals surface area contributed by atoms with Crippen LogP contribution < -0.4 is 10.6 Å². The molecule has 0 bridgehead atoms. The number of primary amides is 1. The number of carbonyl (C=O) groups is 2. The number of anilines is 1. The molecule has 3 heterocycles. The van der Waals surface area contributed by atoms with E-state index in [1.54, 1.807) is 43.4 Å². The number of halogens is 1. The molecule has 1 aromatic carbocycles. The zero-order valence-electron chi connectivity index (χ0n) is 16.5. The second kappa shape index (κ2) is 7.35. The van der Waals surface area contributed by atoms with Crippen molar-refractivity contribution in [1.82, 2.24) is 14.8 Å². The van der Waals surface area contributed by atoms with E-state index < -0.39 is 5.91 Å². The maximum atomic E-state index is 13.9. The van der Waals surface area contributed by atoms with Crippen LogP contribution >= 0.6 is 0 Å². The molecule has 0 saturated carbocycles. The number of rotatable bonds is 3. The number of carbonyl (C=O) groups excluding carboxylic acids is 2. The van der Waals surface area contributed by atoms with Gasteiger partial charge < -0.3 is 20.4 Å². The molecule has 3 atom stereocenters. The van der Waals surface area contributed by atoms with Gasteiger partial charge in [0, 0.05) is 57.3 Å². The topological polar surface area (TPSA) is 82.8 Å². The van der Waals surface area contributed by atoms with E-state index in [2.05, 4.69) is 9.88 Å². The van der Waals surface area contributed by atoms with Crippen LogP contribution in [0.5, 0.6) is 0 Å². The van der Waals surface area contributed by atoms with Crippen molar-refractivity contribution < 1.29 is 14.0 Å². The Morgan fingerprint density at radius 2 is 1.97 bits per heavy atom. The lowest BCUT2D eigenvalue weighted by Gasteiger charge is -2.32. The number of fused-ring (bicyclic) bond motifs is 1. The highest BCUT2D eigenvalue weighted by atomic mass is 19.1. The third-order valence-corrected chi connectivity index (χ3v) is 5.84. The van der Waals surface area contributed by atoms with Crippen LogP contribution in [0.15, 0.2) is 42.6 Å². The Balaban J connectivity index is 1.64. The Hall–Kier alpha value is -3.16. The maximum absolute atomic E-state index is 13.9. The first-order chi connectivity index (χ1) is 13.8. The van der Waals surface area contributed by atoms with Crippen molar-refractivity contribution in [2.24, 2.45) is 17.6 Å². The van der Waals surface area contributed by atoms with Crippen molar-refractivity contribution in [2.75, 3.05) is 38.6 Å². The van der Waals surface area contributed by atoms with Gasteiger partial charge in [0.05, 0.1) is 6.04 Å². The Morgan fingerprint density at radius 1 is 1.17 bits per heavy atom. The van der Waals surface area contributed by atoms with Gasteiger partial charge in [-0.2, -0.15) is 0 Å². The van der Waals surface area contributed by atoms with Gasteiger partial charge in [0.2, 0.25) is 5.91 Å². The Bertz CT molecular complexity index is 950. The number of pyridine rings is 1. The van der Waals surface area contributed by atoms with Crippen LogP contribution in [0.1, 0.15) is 22.0 Å². The number of hydrogen-bond donors (Lipinski definition) is 1. The molecular weight excluding hydrogens is 373 g/mol. The number of benzene rings is 1. The first-order valence-electron chi connectivity index (χ1n) is 9.59. The first kappa shape index (κ1) is 19.2. The molecule has 0 aliphatic carbocycles. The molecule has 2 aromatic rings. The molecule has 1 aromatic heterocycles. The van der Waals surface area contributed by atoms with Gasteiger partial charge in [0.1, 0.15) is 11.6 Å². The van der Waals surface area contributed by atoms with Crippen LogP contribution in [0.25, 0.3) is 0 Å². The molecule has 2 aliphatic rings. The van der Waals surface area contributed by atoms with Crippen LogP contribution in [0, 0.1) is 17.7 Å². The number of aromatic nitrogens is 1. The smallest absolute Gasteiger partial charge is 0.320 e. The van der Waals surface area contributed by atoms with Crippen LogP contribution in [0.3, 0.4) is 0 Å². The van der Waals surface area contributed by atoms with Crippen LogP contribution in [0.4, 0.5) is 15.0 Å². The van der Waals surface area contributed by atoms with E-state index in [4.69, 9.17) is 5.73 Å². The number of nitrogens with two attached hydrogens (primary N) is 1. The summed E-state index contributed by atoms with van der Waals surface area (Å²) in [6, 6.07) is 9.48. The van der Waals surface area contributed by atoms with Crippen LogP contribution in [-0.4, -0.2) is 60.5 Å². The zero-order valence-corrected chi connectivity index (χ0v) is 16.5. The van der Waals surface area contributed by atoms with Gasteiger partial charge in [-0.25, -0.2) is 14.2 Å². The highest BCUT2D eigenvalue weighted by Crippen LogP contribution is 2.46. The van der Waals surface area contributed by atoms with Crippen molar-refractivity contribution in [1.29, 1.82) is 0 Å². The van der Waals surface area contributed by atoms with Crippen LogP contribution in [-0.2, 0) is 0 Å². The van der Waals surface area contributed by atoms with E-state index in [1.165, 1.54) is 12.1 Å². The average molecular weight is 397 g/mol. The molecule has 8 heteroatoms. The summed E-state index contributed by atoms with van der Waals surface area (Å²) in [6.45, 7) is 1.97. The largest absolute Gasteiger partial charge is 0.366 e. The van der Waals surface area contributed by atoms with E-state index >= 15 is 0 Å². The van der Waals surface area contributed by atoms with Crippen molar-refractivity contribution >= 4 is 17.8 Å². The van der Waals surface area contributed by atoms with Crippen molar-refractivity contribution in [3.63, 3.8) is 0 Å². The molecule has 2 aliphatic heterocycles. The number of likely N-dealkylation sites (tertiary alicyclic amines) is 1. The van der Waals surface area contributed by atoms with E-state index in [0.717, 1.165) is 5.56 Å². The monoisotopic (exact) mass is 397 g/mol. The molecule has 2 fully saturated rings. The fraction of sp³-hybridized carbons (Fsp3) is 0.381. The Labute approximate surface area is 168 Å². The summed E-state index contributed by atoms with van der Waals surface area (Å²) in [6.07, 6.45) is 1.58. The standard InChI is InChI=1S/C21H24FN5O2/c1-25(2)21(29)27-11-15-10-26(18-9-14(20(23)28)6-7-24-18)12-17(15)19(27)13-4-3-5-16(22)8-13/h3-9,15,17,19H,10-12H2,1-2H3,(H2,23,28)/t15-,17-,19-/m1/s1. The molecule has 2 N–H and O–H groups in total. The fourth-order valence-corrected chi connectivity index (χ4v) is 4.55. The summed E-state index contributed by atoms with van der Waals surface area (Å²) < 4.78 is 13.9. The van der Waals surface area contributed by atoms with Gasteiger partial charge in [-0.1, -0.05) is 12.1 Å². The second-order valence-electron chi connectivity index (χ2n) is 7.93. The number of hydrogen-bond acceptors (Lipinski definition) is 4. The molecule has 0 spiro atoms. The van der Waals surface area contributed by atoms with E-state index in [1.807, 2.05) is 11.0 Å². The lowest BCUT2D eigenvalue weighted by Crippen LogP contribution is -2.41. The second-order valence-corrected chi connectivity index (χ2v) is 7.93. The summed E-state index contributed by atoms with van der Waals surface area (Å²) in [5.74, 6) is 0.257. The molecular formula is C21H24FN5O2. The molecule has 2 saturated heterocycles. The number of nitrogens with zero attached hydrogens (tertiary/aromatic N) is 4. The van der Waals surface area contributed by atoms with Gasteiger partial charge in [0.15, 0.2) is 0 Å². The van der Waals surface area contributed by atoms with Crippen LogP contribution in [0.2, 0.25) is 0 Å². The molecule has 4 rings (SSSR count). The average Bonchev–Trinajstić information content (AvgIpc) is 3.25. The summed E-state index contributed by atoms with van der Waals surface area (Å²) >= 11 is 0. The molecule has 29 heavy (non-hydrogen) atoms. The summed E-state index contributed by atoms with van der Waals surface area (Å²) in [7, 11) is 3.45. The lowest BCUT2D eigenvalue weighted by atomic mass is 9.89.